The number of benzene rings is 1. The second-order valence-electron chi connectivity index (χ2n) is 4.60. The number of nitrogens with zero attached hydrogens (tertiary/aromatic N) is 1. The standard InChI is InChI=1S/C12H18BrFN2O2S/c1-4-8(2)7-16(3)19(17,18)12-5-9(13)10(14)6-11(12)15/h5-6,8H,4,7,15H2,1-3H3. The van der Waals surface area contributed by atoms with Crippen molar-refractivity contribution in [1.82, 2.24) is 4.31 Å². The number of rotatable bonds is 5. The van der Waals surface area contributed by atoms with Crippen LogP contribution in [0.1, 0.15) is 20.3 Å². The number of nitrogen functional groups attached to an aromatic ring is 1. The zero-order valence-electron chi connectivity index (χ0n) is 11.2. The fraction of sp³-hybridized carbons (Fsp3) is 0.500. The largest absolute Gasteiger partial charge is 0.398 e. The lowest BCUT2D eigenvalue weighted by Gasteiger charge is -2.21. The van der Waals surface area contributed by atoms with Crippen LogP contribution in [0, 0.1) is 11.7 Å². The Morgan fingerprint density at radius 1 is 1.47 bits per heavy atom. The van der Waals surface area contributed by atoms with Gasteiger partial charge in [0, 0.05) is 13.6 Å². The van der Waals surface area contributed by atoms with E-state index in [0.717, 1.165) is 12.5 Å². The summed E-state index contributed by atoms with van der Waals surface area (Å²) in [7, 11) is -2.20. The molecular formula is C12H18BrFN2O2S. The van der Waals surface area contributed by atoms with Crippen molar-refractivity contribution in [3.8, 4) is 0 Å². The van der Waals surface area contributed by atoms with E-state index in [1.807, 2.05) is 13.8 Å². The van der Waals surface area contributed by atoms with Crippen LogP contribution in [0.2, 0.25) is 0 Å². The van der Waals surface area contributed by atoms with Crippen molar-refractivity contribution >= 4 is 31.6 Å². The number of sulfonamides is 1. The Labute approximate surface area is 122 Å². The zero-order valence-corrected chi connectivity index (χ0v) is 13.6. The normalized spacial score (nSPS) is 13.8. The topological polar surface area (TPSA) is 63.4 Å². The fourth-order valence-corrected chi connectivity index (χ4v) is 3.51. The first-order chi connectivity index (χ1) is 8.70. The van der Waals surface area contributed by atoms with Gasteiger partial charge in [-0.3, -0.25) is 0 Å². The third-order valence-corrected chi connectivity index (χ3v) is 5.49. The molecule has 0 aliphatic heterocycles. The van der Waals surface area contributed by atoms with E-state index < -0.39 is 15.8 Å². The maximum atomic E-state index is 13.3. The van der Waals surface area contributed by atoms with E-state index >= 15 is 0 Å². The van der Waals surface area contributed by atoms with Gasteiger partial charge < -0.3 is 5.73 Å². The molecule has 1 aromatic carbocycles. The monoisotopic (exact) mass is 352 g/mol. The predicted octanol–water partition coefficient (Wildman–Crippen LogP) is 2.84. The van der Waals surface area contributed by atoms with Crippen molar-refractivity contribution in [2.75, 3.05) is 19.3 Å². The van der Waals surface area contributed by atoms with Gasteiger partial charge in [-0.05, 0) is 34.0 Å². The minimum Gasteiger partial charge on any atom is -0.398 e. The maximum absolute atomic E-state index is 13.3. The van der Waals surface area contributed by atoms with E-state index in [-0.39, 0.29) is 21.0 Å². The Hall–Kier alpha value is -0.660. The molecular weight excluding hydrogens is 335 g/mol. The van der Waals surface area contributed by atoms with E-state index in [1.165, 1.54) is 17.4 Å². The predicted molar refractivity (Wildman–Crippen MR) is 77.8 cm³/mol. The van der Waals surface area contributed by atoms with Gasteiger partial charge in [-0.2, -0.15) is 0 Å². The van der Waals surface area contributed by atoms with Crippen molar-refractivity contribution in [1.29, 1.82) is 0 Å². The molecule has 0 saturated heterocycles. The van der Waals surface area contributed by atoms with E-state index in [1.54, 1.807) is 0 Å². The van der Waals surface area contributed by atoms with Gasteiger partial charge in [-0.15, -0.1) is 0 Å². The number of halogens is 2. The average molecular weight is 353 g/mol. The molecule has 0 aliphatic rings. The molecule has 4 nitrogen and oxygen atoms in total. The molecule has 0 fully saturated rings. The molecule has 1 aromatic rings. The first-order valence-corrected chi connectivity index (χ1v) is 8.14. The summed E-state index contributed by atoms with van der Waals surface area (Å²) in [6.45, 7) is 4.36. The number of anilines is 1. The van der Waals surface area contributed by atoms with Crippen LogP contribution in [0.15, 0.2) is 21.5 Å². The van der Waals surface area contributed by atoms with Crippen LogP contribution in [0.3, 0.4) is 0 Å². The molecule has 0 spiro atoms. The van der Waals surface area contributed by atoms with Gasteiger partial charge in [0.05, 0.1) is 10.2 Å². The van der Waals surface area contributed by atoms with Crippen LogP contribution < -0.4 is 5.73 Å². The van der Waals surface area contributed by atoms with E-state index in [4.69, 9.17) is 5.73 Å². The van der Waals surface area contributed by atoms with Crippen LogP contribution in [-0.2, 0) is 10.0 Å². The summed E-state index contributed by atoms with van der Waals surface area (Å²) in [4.78, 5) is -0.0772. The van der Waals surface area contributed by atoms with Crippen molar-refractivity contribution in [2.45, 2.75) is 25.2 Å². The van der Waals surface area contributed by atoms with E-state index in [9.17, 15) is 12.8 Å². The van der Waals surface area contributed by atoms with Crippen molar-refractivity contribution in [3.05, 3.63) is 22.4 Å². The minimum atomic E-state index is -3.70. The Bertz CT molecular complexity index is 563. The van der Waals surface area contributed by atoms with Crippen molar-refractivity contribution < 1.29 is 12.8 Å². The van der Waals surface area contributed by atoms with Gasteiger partial charge in [0.2, 0.25) is 10.0 Å². The van der Waals surface area contributed by atoms with Crippen molar-refractivity contribution in [2.24, 2.45) is 5.92 Å². The van der Waals surface area contributed by atoms with Crippen LogP contribution in [0.25, 0.3) is 0 Å². The lowest BCUT2D eigenvalue weighted by atomic mass is 10.1. The molecule has 0 radical (unpaired) electrons. The van der Waals surface area contributed by atoms with Crippen LogP contribution in [0.4, 0.5) is 10.1 Å². The third kappa shape index (κ3) is 3.67. The highest BCUT2D eigenvalue weighted by molar-refractivity contribution is 9.10. The van der Waals surface area contributed by atoms with Crippen molar-refractivity contribution in [3.63, 3.8) is 0 Å². The maximum Gasteiger partial charge on any atom is 0.244 e. The molecule has 19 heavy (non-hydrogen) atoms. The van der Waals surface area contributed by atoms with Gasteiger partial charge in [0.15, 0.2) is 0 Å². The quantitative estimate of drug-likeness (QED) is 0.828. The molecule has 0 heterocycles. The van der Waals surface area contributed by atoms with E-state index in [0.29, 0.717) is 6.54 Å². The summed E-state index contributed by atoms with van der Waals surface area (Å²) in [6, 6.07) is 2.21. The Balaban J connectivity index is 3.17. The Kier molecular flexibility index (Phi) is 5.34. The second-order valence-corrected chi connectivity index (χ2v) is 7.47. The summed E-state index contributed by atoms with van der Waals surface area (Å²) >= 11 is 2.97. The molecule has 1 atom stereocenters. The van der Waals surface area contributed by atoms with Gasteiger partial charge >= 0.3 is 0 Å². The number of nitrogens with two attached hydrogens (primary N) is 1. The summed E-state index contributed by atoms with van der Waals surface area (Å²) in [6.07, 6.45) is 0.877. The SMILES string of the molecule is CCC(C)CN(C)S(=O)(=O)c1cc(Br)c(F)cc1N. The minimum absolute atomic E-state index is 0.0772. The molecule has 108 valence electrons. The highest BCUT2D eigenvalue weighted by atomic mass is 79.9. The average Bonchev–Trinajstić information content (AvgIpc) is 2.33. The molecule has 0 amide bonds. The molecule has 0 bridgehead atoms. The molecule has 2 N–H and O–H groups in total. The number of hydrogen-bond acceptors (Lipinski definition) is 3. The third-order valence-electron chi connectivity index (χ3n) is 3.01. The lowest BCUT2D eigenvalue weighted by Crippen LogP contribution is -2.31. The Morgan fingerprint density at radius 3 is 2.58 bits per heavy atom. The molecule has 1 rings (SSSR count). The number of hydrogen-bond donors (Lipinski definition) is 1. The molecule has 0 saturated carbocycles. The molecule has 7 heteroatoms. The summed E-state index contributed by atoms with van der Waals surface area (Å²) < 4.78 is 39.3. The van der Waals surface area contributed by atoms with E-state index in [2.05, 4.69) is 15.9 Å². The first-order valence-electron chi connectivity index (χ1n) is 5.91. The summed E-state index contributed by atoms with van der Waals surface area (Å²) in [5.41, 5.74) is 5.52. The Morgan fingerprint density at radius 2 is 2.05 bits per heavy atom. The fourth-order valence-electron chi connectivity index (χ4n) is 1.60. The highest BCUT2D eigenvalue weighted by Gasteiger charge is 2.25. The van der Waals surface area contributed by atoms with Gasteiger partial charge in [0.25, 0.3) is 0 Å². The lowest BCUT2D eigenvalue weighted by molar-refractivity contribution is 0.394. The van der Waals surface area contributed by atoms with Crippen LogP contribution in [0.5, 0.6) is 0 Å². The zero-order chi connectivity index (χ0) is 14.8. The summed E-state index contributed by atoms with van der Waals surface area (Å²) in [5, 5.41) is 0. The van der Waals surface area contributed by atoms with Crippen LogP contribution in [-0.4, -0.2) is 26.3 Å². The second kappa shape index (κ2) is 6.19. The molecule has 0 aromatic heterocycles. The smallest absolute Gasteiger partial charge is 0.244 e. The van der Waals surface area contributed by atoms with Gasteiger partial charge in [0.1, 0.15) is 10.7 Å². The highest BCUT2D eigenvalue weighted by Crippen LogP contribution is 2.28. The summed E-state index contributed by atoms with van der Waals surface area (Å²) in [5.74, 6) is -0.342. The van der Waals surface area contributed by atoms with Gasteiger partial charge in [-0.25, -0.2) is 17.1 Å². The van der Waals surface area contributed by atoms with Gasteiger partial charge in [-0.1, -0.05) is 20.3 Å². The molecule has 0 aliphatic carbocycles. The first kappa shape index (κ1) is 16.4. The molecule has 1 unspecified atom stereocenters. The van der Waals surface area contributed by atoms with Crippen LogP contribution >= 0.6 is 15.9 Å².